The minimum absolute atomic E-state index is 0.0606. The number of hydrogen-bond donors (Lipinski definition) is 3. The molecule has 7 nitrogen and oxygen atoms in total. The van der Waals surface area contributed by atoms with Gasteiger partial charge in [0.2, 0.25) is 0 Å². The van der Waals surface area contributed by atoms with Crippen LogP contribution in [0.5, 0.6) is 0 Å². The summed E-state index contributed by atoms with van der Waals surface area (Å²) in [4.78, 5) is 25.6. The predicted molar refractivity (Wildman–Crippen MR) is 53.3 cm³/mol. The van der Waals surface area contributed by atoms with Gasteiger partial charge < -0.3 is 10.2 Å². The minimum atomic E-state index is -1.14. The number of hydrazine groups is 1. The lowest BCUT2D eigenvalue weighted by atomic mass is 10.2. The van der Waals surface area contributed by atoms with E-state index in [1.54, 1.807) is 0 Å². The van der Waals surface area contributed by atoms with E-state index in [4.69, 9.17) is 10.2 Å². The molecule has 1 atom stereocenters. The number of allylic oxidation sites excluding steroid dienone is 1. The van der Waals surface area contributed by atoms with Crippen molar-refractivity contribution >= 4 is 18.2 Å². The highest BCUT2D eigenvalue weighted by atomic mass is 16.4. The Bertz CT molecular complexity index is 438. The Morgan fingerprint density at radius 1 is 1.50 bits per heavy atom. The lowest BCUT2D eigenvalue weighted by molar-refractivity contribution is -0.143. The molecule has 0 spiro atoms. The molecule has 2 heterocycles. The summed E-state index contributed by atoms with van der Waals surface area (Å²) in [6, 6.07) is -0.856. The van der Waals surface area contributed by atoms with Gasteiger partial charge >= 0.3 is 11.9 Å². The molecule has 3 N–H and O–H groups in total. The van der Waals surface area contributed by atoms with Gasteiger partial charge in [0.05, 0.1) is 11.9 Å². The second-order valence-electron chi connectivity index (χ2n) is 3.32. The Morgan fingerprint density at radius 3 is 2.88 bits per heavy atom. The molecule has 0 amide bonds. The Balaban J connectivity index is 2.31. The van der Waals surface area contributed by atoms with Crippen LogP contribution in [0.4, 0.5) is 0 Å². The highest BCUT2D eigenvalue weighted by molar-refractivity contribution is 5.88. The number of rotatable bonds is 2. The van der Waals surface area contributed by atoms with Crippen molar-refractivity contribution in [3.05, 3.63) is 23.7 Å². The molecule has 0 aromatic heterocycles. The molecule has 16 heavy (non-hydrogen) atoms. The summed E-state index contributed by atoms with van der Waals surface area (Å²) in [5, 5.41) is 19.1. The van der Waals surface area contributed by atoms with Gasteiger partial charge in [0.15, 0.2) is 6.04 Å². The van der Waals surface area contributed by atoms with Gasteiger partial charge in [-0.1, -0.05) is 0 Å². The van der Waals surface area contributed by atoms with Crippen LogP contribution in [0.2, 0.25) is 0 Å². The summed E-state index contributed by atoms with van der Waals surface area (Å²) < 4.78 is 0. The number of aliphatic imine (C=N–C) groups is 1. The van der Waals surface area contributed by atoms with Crippen molar-refractivity contribution in [2.75, 3.05) is 0 Å². The normalized spacial score (nSPS) is 22.8. The van der Waals surface area contributed by atoms with Gasteiger partial charge in [-0.05, 0) is 6.08 Å². The molecule has 2 aliphatic heterocycles. The third-order valence-corrected chi connectivity index (χ3v) is 2.28. The topological polar surface area (TPSA) is 102 Å². The molecule has 0 fully saturated rings. The van der Waals surface area contributed by atoms with E-state index in [-0.39, 0.29) is 12.1 Å². The van der Waals surface area contributed by atoms with Crippen molar-refractivity contribution in [2.45, 2.75) is 12.5 Å². The quantitative estimate of drug-likeness (QED) is 0.585. The number of carboxylic acid groups (broad SMARTS) is 2. The van der Waals surface area contributed by atoms with E-state index in [1.807, 2.05) is 0 Å². The van der Waals surface area contributed by atoms with Crippen LogP contribution in [0.15, 0.2) is 28.7 Å². The lowest BCUT2D eigenvalue weighted by Crippen LogP contribution is -2.45. The van der Waals surface area contributed by atoms with Gasteiger partial charge in [-0.15, -0.1) is 0 Å². The largest absolute Gasteiger partial charge is 0.480 e. The zero-order chi connectivity index (χ0) is 11.7. The van der Waals surface area contributed by atoms with Crippen molar-refractivity contribution in [1.29, 1.82) is 0 Å². The van der Waals surface area contributed by atoms with E-state index in [0.717, 1.165) is 0 Å². The number of aliphatic carboxylic acids is 2. The molecule has 2 aliphatic rings. The smallest absolute Gasteiger partial charge is 0.353 e. The van der Waals surface area contributed by atoms with Crippen LogP contribution < -0.4 is 5.43 Å². The summed E-state index contributed by atoms with van der Waals surface area (Å²) in [7, 11) is 0. The Labute approximate surface area is 90.4 Å². The molecular formula is C9H9N3O4. The van der Waals surface area contributed by atoms with Crippen LogP contribution >= 0.6 is 0 Å². The van der Waals surface area contributed by atoms with Crippen molar-refractivity contribution in [1.82, 2.24) is 10.4 Å². The Morgan fingerprint density at radius 2 is 2.25 bits per heavy atom. The number of nitrogens with one attached hydrogen (secondary N) is 1. The van der Waals surface area contributed by atoms with Gasteiger partial charge in [-0.2, -0.15) is 0 Å². The van der Waals surface area contributed by atoms with Crippen LogP contribution in [0, 0.1) is 0 Å². The summed E-state index contributed by atoms with van der Waals surface area (Å²) in [6.07, 6.45) is 4.47. The first kappa shape index (κ1) is 10.2. The van der Waals surface area contributed by atoms with Gasteiger partial charge in [0.1, 0.15) is 5.70 Å². The molecule has 0 aromatic rings. The van der Waals surface area contributed by atoms with Crippen LogP contribution in [-0.2, 0) is 9.59 Å². The van der Waals surface area contributed by atoms with E-state index in [9.17, 15) is 9.59 Å². The van der Waals surface area contributed by atoms with E-state index >= 15 is 0 Å². The van der Waals surface area contributed by atoms with Crippen LogP contribution in [0.1, 0.15) is 6.42 Å². The molecule has 7 heteroatoms. The third kappa shape index (κ3) is 1.62. The van der Waals surface area contributed by atoms with E-state index < -0.39 is 18.0 Å². The van der Waals surface area contributed by atoms with Crippen molar-refractivity contribution < 1.29 is 19.8 Å². The summed E-state index contributed by atoms with van der Waals surface area (Å²) in [5.74, 6) is -2.17. The number of fused-ring (bicyclic) bond motifs is 1. The minimum Gasteiger partial charge on any atom is -0.480 e. The van der Waals surface area contributed by atoms with Crippen molar-refractivity contribution in [3.63, 3.8) is 0 Å². The highest BCUT2D eigenvalue weighted by Gasteiger charge is 2.33. The van der Waals surface area contributed by atoms with E-state index in [0.29, 0.717) is 5.70 Å². The predicted octanol–water partition coefficient (Wildman–Crippen LogP) is -0.456. The molecular weight excluding hydrogens is 214 g/mol. The third-order valence-electron chi connectivity index (χ3n) is 2.28. The van der Waals surface area contributed by atoms with E-state index in [2.05, 4.69) is 10.4 Å². The van der Waals surface area contributed by atoms with Crippen LogP contribution in [0.25, 0.3) is 0 Å². The molecule has 0 saturated carbocycles. The molecule has 0 aromatic carbocycles. The first-order valence-corrected chi connectivity index (χ1v) is 4.55. The fraction of sp³-hybridized carbons (Fsp3) is 0.222. The number of hydrogen-bond acceptors (Lipinski definition) is 5. The highest BCUT2D eigenvalue weighted by Crippen LogP contribution is 2.21. The number of carbonyl (C=O) groups is 2. The van der Waals surface area contributed by atoms with Gasteiger partial charge in [-0.25, -0.2) is 9.59 Å². The fourth-order valence-corrected chi connectivity index (χ4v) is 1.52. The second-order valence-corrected chi connectivity index (χ2v) is 3.32. The van der Waals surface area contributed by atoms with Crippen LogP contribution in [-0.4, -0.2) is 39.4 Å². The average Bonchev–Trinajstić information content (AvgIpc) is 2.52. The van der Waals surface area contributed by atoms with E-state index in [1.165, 1.54) is 23.5 Å². The Hall–Kier alpha value is -2.31. The maximum Gasteiger partial charge on any atom is 0.353 e. The maximum atomic E-state index is 11.0. The zero-order valence-corrected chi connectivity index (χ0v) is 8.12. The molecule has 2 rings (SSSR count). The summed E-state index contributed by atoms with van der Waals surface area (Å²) in [6.45, 7) is 0. The number of carboxylic acids is 2. The van der Waals surface area contributed by atoms with Crippen LogP contribution in [0.3, 0.4) is 0 Å². The molecule has 0 bridgehead atoms. The first-order valence-electron chi connectivity index (χ1n) is 4.55. The van der Waals surface area contributed by atoms with Gasteiger partial charge in [0, 0.05) is 12.6 Å². The molecule has 0 aliphatic carbocycles. The zero-order valence-electron chi connectivity index (χ0n) is 8.12. The molecule has 1 unspecified atom stereocenters. The maximum absolute atomic E-state index is 11.0. The fourth-order valence-electron chi connectivity index (χ4n) is 1.52. The monoisotopic (exact) mass is 223 g/mol. The standard InChI is InChI=1S/C9H9N3O4/c13-8(14)6-3-5-4-10-2-1-7(9(15)16)12(5)11-6/h2-4,7,11H,1H2,(H,13,14)(H,15,16). The molecule has 0 saturated heterocycles. The SMILES string of the molecule is O=C(O)C1=CC2=CN=CCC(C(=O)O)N2N1. The van der Waals surface area contributed by atoms with Crippen molar-refractivity contribution in [3.8, 4) is 0 Å². The second kappa shape index (κ2) is 3.69. The average molecular weight is 223 g/mol. The van der Waals surface area contributed by atoms with Gasteiger partial charge in [-0.3, -0.25) is 15.4 Å². The molecule has 84 valence electrons. The summed E-state index contributed by atoms with van der Waals surface area (Å²) >= 11 is 0. The van der Waals surface area contributed by atoms with Crippen molar-refractivity contribution in [2.24, 2.45) is 4.99 Å². The number of nitrogens with zero attached hydrogens (tertiary/aromatic N) is 2. The molecule has 0 radical (unpaired) electrons. The Kier molecular flexibility index (Phi) is 2.35. The summed E-state index contributed by atoms with van der Waals surface area (Å²) in [5.41, 5.74) is 2.90. The lowest BCUT2D eigenvalue weighted by Gasteiger charge is -2.25. The van der Waals surface area contributed by atoms with Gasteiger partial charge in [0.25, 0.3) is 0 Å². The first-order chi connectivity index (χ1) is 7.59.